The lowest BCUT2D eigenvalue weighted by molar-refractivity contribution is 0.867. The van der Waals surface area contributed by atoms with Gasteiger partial charge in [0.15, 0.2) is 0 Å². The maximum absolute atomic E-state index is 4.56. The highest BCUT2D eigenvalue weighted by Gasteiger charge is 2.00. The summed E-state index contributed by atoms with van der Waals surface area (Å²) in [6.07, 6.45) is 0. The van der Waals surface area contributed by atoms with E-state index in [-0.39, 0.29) is 0 Å². The van der Waals surface area contributed by atoms with Crippen LogP contribution in [0.15, 0.2) is 101 Å². The van der Waals surface area contributed by atoms with E-state index < -0.39 is 0 Å². The van der Waals surface area contributed by atoms with Crippen LogP contribution in [0.2, 0.25) is 0 Å². The summed E-state index contributed by atoms with van der Waals surface area (Å²) in [4.78, 5) is 4.56. The second kappa shape index (κ2) is 10.6. The van der Waals surface area contributed by atoms with E-state index in [4.69, 9.17) is 0 Å². The van der Waals surface area contributed by atoms with Crippen molar-refractivity contribution in [1.29, 1.82) is 0 Å². The average molecular weight is 420 g/mol. The van der Waals surface area contributed by atoms with Crippen molar-refractivity contribution in [3.63, 3.8) is 0 Å². The van der Waals surface area contributed by atoms with E-state index in [9.17, 15) is 0 Å². The number of benzene rings is 3. The summed E-state index contributed by atoms with van der Waals surface area (Å²) >= 11 is 3.46. The molecule has 0 aliphatic heterocycles. The summed E-state index contributed by atoms with van der Waals surface area (Å²) in [6, 6.07) is 28.6. The van der Waals surface area contributed by atoms with Crippen LogP contribution in [-0.4, -0.2) is 5.71 Å². The predicted octanol–water partition coefficient (Wildman–Crippen LogP) is 7.74. The molecule has 0 saturated carbocycles. The summed E-state index contributed by atoms with van der Waals surface area (Å²) in [5.41, 5.74) is 5.31. The molecule has 0 fully saturated rings. The Morgan fingerprint density at radius 3 is 1.89 bits per heavy atom. The van der Waals surface area contributed by atoms with Crippen molar-refractivity contribution in [3.8, 4) is 0 Å². The third kappa shape index (κ3) is 6.99. The molecule has 0 N–H and O–H groups in total. The minimum absolute atomic E-state index is 0.659. The van der Waals surface area contributed by atoms with Crippen molar-refractivity contribution in [2.24, 2.45) is 4.99 Å². The van der Waals surface area contributed by atoms with Crippen molar-refractivity contribution < 1.29 is 0 Å². The van der Waals surface area contributed by atoms with Gasteiger partial charge >= 0.3 is 0 Å². The molecule has 0 heterocycles. The Bertz CT molecular complexity index is 880. The van der Waals surface area contributed by atoms with Crippen LogP contribution >= 0.6 is 15.9 Å². The van der Waals surface area contributed by atoms with E-state index in [0.29, 0.717) is 5.92 Å². The molecule has 0 spiro atoms. The zero-order valence-electron chi connectivity index (χ0n) is 16.2. The molecule has 0 bridgehead atoms. The van der Waals surface area contributed by atoms with Gasteiger partial charge in [0, 0.05) is 10.2 Å². The van der Waals surface area contributed by atoms with E-state index in [2.05, 4.69) is 71.7 Å². The monoisotopic (exact) mass is 419 g/mol. The van der Waals surface area contributed by atoms with Crippen molar-refractivity contribution in [1.82, 2.24) is 0 Å². The quantitative estimate of drug-likeness (QED) is 0.383. The maximum Gasteiger partial charge on any atom is 0.0633 e. The average Bonchev–Trinajstić information content (AvgIpc) is 2.69. The Balaban J connectivity index is 0.000000244. The zero-order valence-corrected chi connectivity index (χ0v) is 17.8. The molecular formula is C25H26BrN. The third-order valence-electron chi connectivity index (χ3n) is 4.12. The highest BCUT2D eigenvalue weighted by atomic mass is 79.9. The van der Waals surface area contributed by atoms with Crippen LogP contribution in [0.5, 0.6) is 0 Å². The van der Waals surface area contributed by atoms with Crippen LogP contribution in [-0.2, 0) is 0 Å². The van der Waals surface area contributed by atoms with Gasteiger partial charge in [0.25, 0.3) is 0 Å². The van der Waals surface area contributed by atoms with Gasteiger partial charge in [-0.15, -0.1) is 0 Å². The van der Waals surface area contributed by atoms with Gasteiger partial charge in [-0.3, -0.25) is 4.99 Å². The van der Waals surface area contributed by atoms with Crippen molar-refractivity contribution >= 4 is 27.3 Å². The van der Waals surface area contributed by atoms with Gasteiger partial charge in [0.05, 0.1) is 5.70 Å². The minimum atomic E-state index is 0.659. The fourth-order valence-corrected chi connectivity index (χ4v) is 2.91. The number of hydrogen-bond acceptors (Lipinski definition) is 1. The normalized spacial score (nSPS) is 10.9. The number of hydrogen-bond donors (Lipinski definition) is 0. The summed E-state index contributed by atoms with van der Waals surface area (Å²) in [5, 5.41) is 0. The number of nitrogens with zero attached hydrogens (tertiary/aromatic N) is 1. The molecule has 0 unspecified atom stereocenters. The Morgan fingerprint density at radius 2 is 1.37 bits per heavy atom. The van der Waals surface area contributed by atoms with E-state index in [0.717, 1.165) is 27.0 Å². The lowest BCUT2D eigenvalue weighted by Crippen LogP contribution is -1.95. The summed E-state index contributed by atoms with van der Waals surface area (Å²) < 4.78 is 1.06. The standard InChI is InChI=1S/C16H14BrN.C9H12/c1-12(14-7-4-3-5-8-14)18-13(2)15-9-6-10-16(17)11-15;1-8(2)9-6-4-3-5-7-9/h3-11H,1H2,2H3;3-8H,1-2H3. The lowest BCUT2D eigenvalue weighted by Gasteiger charge is -2.04. The van der Waals surface area contributed by atoms with Gasteiger partial charge in [-0.05, 0) is 41.7 Å². The van der Waals surface area contributed by atoms with E-state index in [1.807, 2.05) is 61.5 Å². The summed E-state index contributed by atoms with van der Waals surface area (Å²) in [6.45, 7) is 10.4. The van der Waals surface area contributed by atoms with E-state index in [1.165, 1.54) is 5.56 Å². The molecule has 0 radical (unpaired) electrons. The molecule has 3 aromatic rings. The second-order valence-electron chi connectivity index (χ2n) is 6.59. The first-order valence-electron chi connectivity index (χ1n) is 9.08. The molecular weight excluding hydrogens is 394 g/mol. The second-order valence-corrected chi connectivity index (χ2v) is 7.50. The Hall–Kier alpha value is -2.45. The molecule has 3 rings (SSSR count). The molecule has 1 nitrogen and oxygen atoms in total. The van der Waals surface area contributed by atoms with Crippen LogP contribution in [0.4, 0.5) is 0 Å². The molecule has 0 aliphatic rings. The molecule has 0 saturated heterocycles. The van der Waals surface area contributed by atoms with Gasteiger partial charge in [0.1, 0.15) is 0 Å². The van der Waals surface area contributed by atoms with Gasteiger partial charge in [-0.1, -0.05) is 109 Å². The van der Waals surface area contributed by atoms with E-state index in [1.54, 1.807) is 0 Å². The Kier molecular flexibility index (Phi) is 8.22. The minimum Gasteiger partial charge on any atom is -0.253 e. The predicted molar refractivity (Wildman–Crippen MR) is 122 cm³/mol. The first-order chi connectivity index (χ1) is 13.0. The van der Waals surface area contributed by atoms with Gasteiger partial charge in [-0.2, -0.15) is 0 Å². The molecule has 27 heavy (non-hydrogen) atoms. The molecule has 2 heteroatoms. The molecule has 0 amide bonds. The highest BCUT2D eigenvalue weighted by molar-refractivity contribution is 9.10. The molecule has 0 aliphatic carbocycles. The van der Waals surface area contributed by atoms with Gasteiger partial charge in [-0.25, -0.2) is 0 Å². The molecule has 138 valence electrons. The summed E-state index contributed by atoms with van der Waals surface area (Å²) in [5.74, 6) is 0.659. The number of rotatable bonds is 4. The van der Waals surface area contributed by atoms with Gasteiger partial charge < -0.3 is 0 Å². The maximum atomic E-state index is 4.56. The topological polar surface area (TPSA) is 12.4 Å². The fourth-order valence-electron chi connectivity index (χ4n) is 2.51. The lowest BCUT2D eigenvalue weighted by atomic mass is 10.0. The van der Waals surface area contributed by atoms with Crippen LogP contribution in [0, 0.1) is 0 Å². The van der Waals surface area contributed by atoms with Crippen LogP contribution in [0.25, 0.3) is 5.70 Å². The van der Waals surface area contributed by atoms with E-state index >= 15 is 0 Å². The Labute approximate surface area is 171 Å². The third-order valence-corrected chi connectivity index (χ3v) is 4.61. The van der Waals surface area contributed by atoms with Crippen molar-refractivity contribution in [2.45, 2.75) is 26.7 Å². The first kappa shape index (κ1) is 20.9. The molecule has 0 atom stereocenters. The highest BCUT2D eigenvalue weighted by Crippen LogP contribution is 2.17. The van der Waals surface area contributed by atoms with Gasteiger partial charge in [0.2, 0.25) is 0 Å². The first-order valence-corrected chi connectivity index (χ1v) is 9.87. The molecule has 3 aromatic carbocycles. The van der Waals surface area contributed by atoms with Crippen molar-refractivity contribution in [3.05, 3.63) is 113 Å². The smallest absolute Gasteiger partial charge is 0.0633 e. The largest absolute Gasteiger partial charge is 0.253 e. The number of aliphatic imine (C=N–C) groups is 1. The fraction of sp³-hybridized carbons (Fsp3) is 0.160. The SMILES string of the molecule is C=C(N=C(C)c1cccc(Br)c1)c1ccccc1.CC(C)c1ccccc1. The van der Waals surface area contributed by atoms with Crippen molar-refractivity contribution in [2.75, 3.05) is 0 Å². The van der Waals surface area contributed by atoms with Crippen LogP contribution < -0.4 is 0 Å². The number of halogens is 1. The zero-order chi connectivity index (χ0) is 19.6. The Morgan fingerprint density at radius 1 is 0.815 bits per heavy atom. The summed E-state index contributed by atoms with van der Waals surface area (Å²) in [7, 11) is 0. The molecule has 0 aromatic heterocycles. The van der Waals surface area contributed by atoms with Crippen LogP contribution in [0.1, 0.15) is 43.4 Å². The van der Waals surface area contributed by atoms with Crippen LogP contribution in [0.3, 0.4) is 0 Å².